The van der Waals surface area contributed by atoms with Gasteiger partial charge < -0.3 is 15.0 Å². The highest BCUT2D eigenvalue weighted by molar-refractivity contribution is 14.0. The predicted octanol–water partition coefficient (Wildman–Crippen LogP) is 2.78. The van der Waals surface area contributed by atoms with Crippen LogP contribution in [0.15, 0.2) is 35.3 Å². The first kappa shape index (κ1) is 25.2. The maximum absolute atomic E-state index is 11.7. The standard InChI is InChI=1S/C21H34N4O3S.HI/c1-3-22-21(23-17-18-9-15-25(16-10-18)29(2,26)27)24-13-11-20(12-14-24)28-19-7-5-4-6-8-19;/h4-8,18,20H,3,9-17H2,1-2H3,(H,22,23);1H. The predicted molar refractivity (Wildman–Crippen MR) is 132 cm³/mol. The summed E-state index contributed by atoms with van der Waals surface area (Å²) in [6, 6.07) is 10.0. The van der Waals surface area contributed by atoms with E-state index in [1.807, 2.05) is 30.3 Å². The fraction of sp³-hybridized carbons (Fsp3) is 0.667. The van der Waals surface area contributed by atoms with E-state index in [-0.39, 0.29) is 30.1 Å². The monoisotopic (exact) mass is 550 g/mol. The Balaban J connectivity index is 0.00000320. The van der Waals surface area contributed by atoms with Gasteiger partial charge in [-0.05, 0) is 37.8 Å². The Bertz CT molecular complexity index is 760. The van der Waals surface area contributed by atoms with E-state index in [9.17, 15) is 8.42 Å². The van der Waals surface area contributed by atoms with E-state index in [4.69, 9.17) is 9.73 Å². The van der Waals surface area contributed by atoms with Gasteiger partial charge in [-0.1, -0.05) is 18.2 Å². The van der Waals surface area contributed by atoms with Gasteiger partial charge in [0.1, 0.15) is 11.9 Å². The number of likely N-dealkylation sites (tertiary alicyclic amines) is 1. The summed E-state index contributed by atoms with van der Waals surface area (Å²) in [6.45, 7) is 6.75. The second-order valence-corrected chi connectivity index (χ2v) is 9.90. The Morgan fingerprint density at radius 1 is 1.10 bits per heavy atom. The molecule has 1 aromatic rings. The maximum Gasteiger partial charge on any atom is 0.211 e. The van der Waals surface area contributed by atoms with E-state index in [2.05, 4.69) is 17.1 Å². The number of benzene rings is 1. The fourth-order valence-electron chi connectivity index (χ4n) is 3.94. The lowest BCUT2D eigenvalue weighted by Gasteiger charge is -2.35. The van der Waals surface area contributed by atoms with Crippen molar-refractivity contribution in [2.75, 3.05) is 45.5 Å². The number of nitrogens with one attached hydrogen (secondary N) is 1. The average molecular weight is 551 g/mol. The van der Waals surface area contributed by atoms with Crippen molar-refractivity contribution >= 4 is 40.0 Å². The Hall–Kier alpha value is -1.07. The van der Waals surface area contributed by atoms with Gasteiger partial charge in [0.2, 0.25) is 10.0 Å². The fourth-order valence-corrected chi connectivity index (χ4v) is 4.82. The van der Waals surface area contributed by atoms with E-state index >= 15 is 0 Å². The van der Waals surface area contributed by atoms with Gasteiger partial charge in [-0.25, -0.2) is 12.7 Å². The van der Waals surface area contributed by atoms with Gasteiger partial charge in [0.25, 0.3) is 0 Å². The van der Waals surface area contributed by atoms with Crippen LogP contribution in [0.2, 0.25) is 0 Å². The van der Waals surface area contributed by atoms with Crippen molar-refractivity contribution < 1.29 is 13.2 Å². The molecule has 2 heterocycles. The molecule has 2 saturated heterocycles. The smallest absolute Gasteiger partial charge is 0.211 e. The first-order chi connectivity index (χ1) is 14.0. The number of rotatable bonds is 6. The third-order valence-corrected chi connectivity index (χ3v) is 6.97. The van der Waals surface area contributed by atoms with Gasteiger partial charge in [-0.2, -0.15) is 0 Å². The molecular weight excluding hydrogens is 515 g/mol. The van der Waals surface area contributed by atoms with Gasteiger partial charge >= 0.3 is 0 Å². The summed E-state index contributed by atoms with van der Waals surface area (Å²) in [5, 5.41) is 3.42. The molecule has 3 rings (SSSR count). The topological polar surface area (TPSA) is 74.2 Å². The summed E-state index contributed by atoms with van der Waals surface area (Å²) in [5.74, 6) is 2.35. The van der Waals surface area contributed by atoms with E-state index < -0.39 is 10.0 Å². The Morgan fingerprint density at radius 2 is 1.73 bits per heavy atom. The van der Waals surface area contributed by atoms with Crippen molar-refractivity contribution in [1.29, 1.82) is 0 Å². The molecule has 0 bridgehead atoms. The summed E-state index contributed by atoms with van der Waals surface area (Å²) in [5.41, 5.74) is 0. The molecule has 0 unspecified atom stereocenters. The third-order valence-electron chi connectivity index (χ3n) is 5.66. The van der Waals surface area contributed by atoms with Gasteiger partial charge in [0, 0.05) is 52.1 Å². The number of hydrogen-bond acceptors (Lipinski definition) is 4. The molecule has 0 spiro atoms. The second kappa shape index (κ2) is 12.1. The largest absolute Gasteiger partial charge is 0.490 e. The zero-order valence-electron chi connectivity index (χ0n) is 18.0. The molecule has 1 N–H and O–H groups in total. The van der Waals surface area contributed by atoms with Crippen LogP contribution < -0.4 is 10.1 Å². The van der Waals surface area contributed by atoms with Crippen molar-refractivity contribution in [2.24, 2.45) is 10.9 Å². The van der Waals surface area contributed by atoms with Crippen LogP contribution >= 0.6 is 24.0 Å². The number of aliphatic imine (C=N–C) groups is 1. The van der Waals surface area contributed by atoms with Crippen molar-refractivity contribution in [1.82, 2.24) is 14.5 Å². The van der Waals surface area contributed by atoms with Gasteiger partial charge in [-0.15, -0.1) is 24.0 Å². The molecule has 0 amide bonds. The van der Waals surface area contributed by atoms with Crippen LogP contribution in [0, 0.1) is 5.92 Å². The van der Waals surface area contributed by atoms with E-state index in [1.165, 1.54) is 6.26 Å². The summed E-state index contributed by atoms with van der Waals surface area (Å²) in [7, 11) is -3.07. The number of piperidine rings is 2. The number of para-hydroxylation sites is 1. The molecule has 2 aliphatic rings. The highest BCUT2D eigenvalue weighted by Crippen LogP contribution is 2.21. The number of hydrogen-bond donors (Lipinski definition) is 1. The van der Waals surface area contributed by atoms with E-state index in [1.54, 1.807) is 4.31 Å². The van der Waals surface area contributed by atoms with Crippen LogP contribution in [-0.4, -0.2) is 75.2 Å². The van der Waals surface area contributed by atoms with Crippen LogP contribution in [0.4, 0.5) is 0 Å². The van der Waals surface area contributed by atoms with Crippen molar-refractivity contribution in [2.45, 2.75) is 38.7 Å². The number of ether oxygens (including phenoxy) is 1. The molecule has 2 fully saturated rings. The SMILES string of the molecule is CCNC(=NCC1CCN(S(C)(=O)=O)CC1)N1CCC(Oc2ccccc2)CC1.I. The van der Waals surface area contributed by atoms with E-state index in [0.29, 0.717) is 19.0 Å². The number of sulfonamides is 1. The summed E-state index contributed by atoms with van der Waals surface area (Å²) >= 11 is 0. The zero-order valence-corrected chi connectivity index (χ0v) is 21.1. The molecule has 30 heavy (non-hydrogen) atoms. The lowest BCUT2D eigenvalue weighted by molar-refractivity contribution is 0.129. The molecule has 7 nitrogen and oxygen atoms in total. The maximum atomic E-state index is 11.7. The Morgan fingerprint density at radius 3 is 2.30 bits per heavy atom. The lowest BCUT2D eigenvalue weighted by atomic mass is 9.98. The highest BCUT2D eigenvalue weighted by atomic mass is 127. The van der Waals surface area contributed by atoms with Crippen molar-refractivity contribution in [3.05, 3.63) is 30.3 Å². The zero-order chi connectivity index (χ0) is 20.7. The van der Waals surface area contributed by atoms with Crippen molar-refractivity contribution in [3.8, 4) is 5.75 Å². The average Bonchev–Trinajstić information content (AvgIpc) is 2.72. The Labute approximate surface area is 198 Å². The van der Waals surface area contributed by atoms with Crippen molar-refractivity contribution in [3.63, 3.8) is 0 Å². The van der Waals surface area contributed by atoms with Crippen LogP contribution in [0.25, 0.3) is 0 Å². The molecule has 1 aromatic carbocycles. The molecule has 0 saturated carbocycles. The minimum Gasteiger partial charge on any atom is -0.490 e. The normalized spacial score (nSPS) is 19.9. The third kappa shape index (κ3) is 7.56. The van der Waals surface area contributed by atoms with Gasteiger partial charge in [0.05, 0.1) is 6.26 Å². The molecule has 0 radical (unpaired) electrons. The first-order valence-corrected chi connectivity index (χ1v) is 12.5. The first-order valence-electron chi connectivity index (χ1n) is 10.7. The molecule has 170 valence electrons. The van der Waals surface area contributed by atoms with Crippen LogP contribution in [0.3, 0.4) is 0 Å². The molecule has 9 heteroatoms. The molecular formula is C21H35IN4O3S. The molecule has 2 aliphatic heterocycles. The summed E-state index contributed by atoms with van der Waals surface area (Å²) in [6.07, 6.45) is 5.25. The van der Waals surface area contributed by atoms with Crippen LogP contribution in [-0.2, 0) is 10.0 Å². The van der Waals surface area contributed by atoms with Gasteiger partial charge in [-0.3, -0.25) is 4.99 Å². The van der Waals surface area contributed by atoms with Gasteiger partial charge in [0.15, 0.2) is 5.96 Å². The molecule has 0 aliphatic carbocycles. The Kier molecular flexibility index (Phi) is 10.2. The summed E-state index contributed by atoms with van der Waals surface area (Å²) < 4.78 is 31.0. The number of halogens is 1. The summed E-state index contributed by atoms with van der Waals surface area (Å²) in [4.78, 5) is 7.20. The molecule has 0 aromatic heterocycles. The second-order valence-electron chi connectivity index (χ2n) is 7.92. The number of guanidine groups is 1. The number of nitrogens with zero attached hydrogens (tertiary/aromatic N) is 3. The van der Waals surface area contributed by atoms with Crippen LogP contribution in [0.5, 0.6) is 5.75 Å². The minimum atomic E-state index is -3.07. The lowest BCUT2D eigenvalue weighted by Crippen LogP contribution is -2.47. The highest BCUT2D eigenvalue weighted by Gasteiger charge is 2.26. The quantitative estimate of drug-likeness (QED) is 0.335. The van der Waals surface area contributed by atoms with Crippen LogP contribution in [0.1, 0.15) is 32.6 Å². The van der Waals surface area contributed by atoms with E-state index in [0.717, 1.165) is 63.6 Å². The molecule has 0 atom stereocenters. The minimum absolute atomic E-state index is 0.